The predicted octanol–water partition coefficient (Wildman–Crippen LogP) is 3.59. The largest absolute Gasteiger partial charge is 0.469 e. The van der Waals surface area contributed by atoms with Crippen molar-refractivity contribution in [2.24, 2.45) is 17.8 Å². The van der Waals surface area contributed by atoms with Crippen LogP contribution >= 0.6 is 15.9 Å². The van der Waals surface area contributed by atoms with Gasteiger partial charge in [0.05, 0.1) is 24.6 Å². The van der Waals surface area contributed by atoms with Crippen molar-refractivity contribution in [2.45, 2.75) is 19.1 Å². The summed E-state index contributed by atoms with van der Waals surface area (Å²) in [4.78, 5) is 28.9. The van der Waals surface area contributed by atoms with Crippen LogP contribution in [0.3, 0.4) is 0 Å². The van der Waals surface area contributed by atoms with Gasteiger partial charge < -0.3 is 14.8 Å². The minimum absolute atomic E-state index is 0.0956. The zero-order valence-electron chi connectivity index (χ0n) is 14.7. The Hall–Kier alpha value is -2.41. The Balaban J connectivity index is 1.45. The fraction of sp³-hybridized carbons (Fsp3) is 0.350. The summed E-state index contributed by atoms with van der Waals surface area (Å²) in [5, 5.41) is 3.83. The average Bonchev–Trinajstić information content (AvgIpc) is 3.27. The van der Waals surface area contributed by atoms with E-state index in [1.54, 1.807) is 6.20 Å². The first-order valence-corrected chi connectivity index (χ1v) is 9.58. The summed E-state index contributed by atoms with van der Waals surface area (Å²) in [7, 11) is 1.37. The van der Waals surface area contributed by atoms with Crippen molar-refractivity contribution in [1.29, 1.82) is 0 Å². The number of halogens is 1. The summed E-state index contributed by atoms with van der Waals surface area (Å²) in [5.41, 5.74) is 1.61. The zero-order chi connectivity index (χ0) is 19.0. The van der Waals surface area contributed by atoms with Crippen molar-refractivity contribution >= 4 is 38.9 Å². The molecule has 4 rings (SSSR count). The summed E-state index contributed by atoms with van der Waals surface area (Å²) in [5.74, 6) is -0.392. The normalized spacial score (nSPS) is 25.6. The highest BCUT2D eigenvalue weighted by Crippen LogP contribution is 2.44. The van der Waals surface area contributed by atoms with Crippen LogP contribution in [0.2, 0.25) is 0 Å². The number of alkyl carbamates (subject to hydrolysis) is 1. The number of allylic oxidation sites excluding steroid dienone is 1. The second-order valence-electron chi connectivity index (χ2n) is 6.88. The van der Waals surface area contributed by atoms with E-state index >= 15 is 0 Å². The molecule has 2 aliphatic rings. The highest BCUT2D eigenvalue weighted by Gasteiger charge is 2.49. The van der Waals surface area contributed by atoms with Gasteiger partial charge in [-0.2, -0.15) is 0 Å². The number of rotatable bonds is 4. The lowest BCUT2D eigenvalue weighted by Crippen LogP contribution is -2.46. The molecule has 140 valence electrons. The van der Waals surface area contributed by atoms with Crippen molar-refractivity contribution in [3.63, 3.8) is 0 Å². The van der Waals surface area contributed by atoms with E-state index in [-0.39, 0.29) is 36.4 Å². The number of hydrogen-bond acceptors (Lipinski definition) is 5. The molecule has 7 heteroatoms. The second kappa shape index (κ2) is 7.31. The molecule has 0 spiro atoms. The number of pyridine rings is 1. The quantitative estimate of drug-likeness (QED) is 0.592. The Morgan fingerprint density at radius 2 is 2.11 bits per heavy atom. The van der Waals surface area contributed by atoms with E-state index in [0.717, 1.165) is 27.4 Å². The lowest BCUT2D eigenvalue weighted by molar-refractivity contribution is -0.147. The molecular weight excluding hydrogens is 412 g/mol. The third-order valence-electron chi connectivity index (χ3n) is 5.32. The standard InChI is InChI=1S/C20H19BrN2O4/c1-26-19(24)16-11-4-5-13(7-11)18(16)23-20(25)27-10-14-9-15(21)8-12-3-2-6-22-17(12)14/h2-6,8-9,11,13,16,18H,7,10H2,1H3,(H,23,25)/t11-,13+,16+,18-/m1/s1. The molecule has 0 unspecified atom stereocenters. The molecule has 1 amide bonds. The van der Waals surface area contributed by atoms with Gasteiger partial charge in [-0.15, -0.1) is 0 Å². The number of amides is 1. The first kappa shape index (κ1) is 18.0. The molecule has 1 heterocycles. The van der Waals surface area contributed by atoms with Gasteiger partial charge in [0.25, 0.3) is 0 Å². The maximum absolute atomic E-state index is 12.4. The Morgan fingerprint density at radius 1 is 1.30 bits per heavy atom. The van der Waals surface area contributed by atoms with Crippen LogP contribution in [0.1, 0.15) is 12.0 Å². The fourth-order valence-corrected chi connectivity index (χ4v) is 4.66. The molecule has 0 radical (unpaired) electrons. The van der Waals surface area contributed by atoms with E-state index < -0.39 is 6.09 Å². The van der Waals surface area contributed by atoms with Crippen LogP contribution in [0.25, 0.3) is 10.9 Å². The molecule has 4 atom stereocenters. The van der Waals surface area contributed by atoms with E-state index in [4.69, 9.17) is 9.47 Å². The Morgan fingerprint density at radius 3 is 2.93 bits per heavy atom. The van der Waals surface area contributed by atoms with Gasteiger partial charge in [0.15, 0.2) is 0 Å². The van der Waals surface area contributed by atoms with Crippen molar-refractivity contribution < 1.29 is 19.1 Å². The zero-order valence-corrected chi connectivity index (χ0v) is 16.3. The van der Waals surface area contributed by atoms with Crippen molar-refractivity contribution in [3.05, 3.63) is 52.7 Å². The van der Waals surface area contributed by atoms with Crippen LogP contribution < -0.4 is 5.32 Å². The summed E-state index contributed by atoms with van der Waals surface area (Å²) >= 11 is 3.47. The molecule has 27 heavy (non-hydrogen) atoms. The molecule has 6 nitrogen and oxygen atoms in total. The molecule has 0 saturated heterocycles. The van der Waals surface area contributed by atoms with Crippen molar-refractivity contribution in [3.8, 4) is 0 Å². The number of fused-ring (bicyclic) bond motifs is 3. The monoisotopic (exact) mass is 430 g/mol. The van der Waals surface area contributed by atoms with Gasteiger partial charge in [-0.1, -0.05) is 34.1 Å². The molecule has 1 N–H and O–H groups in total. The molecule has 1 fully saturated rings. The van der Waals surface area contributed by atoms with Gasteiger partial charge in [-0.25, -0.2) is 4.79 Å². The van der Waals surface area contributed by atoms with Gasteiger partial charge in [-0.3, -0.25) is 9.78 Å². The number of carbonyl (C=O) groups is 2. The number of nitrogens with zero attached hydrogens (tertiary/aromatic N) is 1. The third-order valence-corrected chi connectivity index (χ3v) is 5.78. The van der Waals surface area contributed by atoms with Gasteiger partial charge >= 0.3 is 12.1 Å². The highest BCUT2D eigenvalue weighted by atomic mass is 79.9. The summed E-state index contributed by atoms with van der Waals surface area (Å²) in [6, 6.07) is 7.38. The average molecular weight is 431 g/mol. The Bertz CT molecular complexity index is 929. The van der Waals surface area contributed by atoms with Crippen LogP contribution in [0, 0.1) is 17.8 Å². The molecule has 2 aliphatic carbocycles. The van der Waals surface area contributed by atoms with Gasteiger partial charge in [0.2, 0.25) is 0 Å². The third kappa shape index (κ3) is 3.43. The topological polar surface area (TPSA) is 77.5 Å². The van der Waals surface area contributed by atoms with Crippen LogP contribution in [-0.2, 0) is 20.9 Å². The lowest BCUT2D eigenvalue weighted by Gasteiger charge is -2.26. The number of ether oxygens (including phenoxy) is 2. The SMILES string of the molecule is COC(=O)[C@@H]1[C@H](NC(=O)OCc2cc(Br)cc3cccnc23)[C@H]2C=C[C@@H]1C2. The van der Waals surface area contributed by atoms with Crippen LogP contribution in [0.15, 0.2) is 47.1 Å². The first-order valence-electron chi connectivity index (χ1n) is 8.79. The highest BCUT2D eigenvalue weighted by molar-refractivity contribution is 9.10. The number of benzene rings is 1. The van der Waals surface area contributed by atoms with E-state index in [2.05, 4.69) is 32.3 Å². The fourth-order valence-electron chi connectivity index (χ4n) is 4.14. The summed E-state index contributed by atoms with van der Waals surface area (Å²) in [6.07, 6.45) is 6.11. The molecule has 0 aliphatic heterocycles. The minimum atomic E-state index is -0.543. The summed E-state index contributed by atoms with van der Waals surface area (Å²) < 4.78 is 11.2. The minimum Gasteiger partial charge on any atom is -0.469 e. The lowest BCUT2D eigenvalue weighted by atomic mass is 9.89. The number of aromatic nitrogens is 1. The maximum Gasteiger partial charge on any atom is 0.407 e. The van der Waals surface area contributed by atoms with E-state index in [1.807, 2.05) is 30.3 Å². The van der Waals surface area contributed by atoms with Crippen LogP contribution in [-0.4, -0.2) is 30.2 Å². The van der Waals surface area contributed by atoms with Gasteiger partial charge in [0.1, 0.15) is 6.61 Å². The van der Waals surface area contributed by atoms with Crippen LogP contribution in [0.4, 0.5) is 4.79 Å². The Kier molecular flexibility index (Phi) is 4.86. The van der Waals surface area contributed by atoms with E-state index in [0.29, 0.717) is 0 Å². The number of methoxy groups -OCH3 is 1. The first-order chi connectivity index (χ1) is 13.1. The molecule has 2 bridgehead atoms. The molecular formula is C20H19BrN2O4. The van der Waals surface area contributed by atoms with E-state index in [9.17, 15) is 9.59 Å². The van der Waals surface area contributed by atoms with Crippen LogP contribution in [0.5, 0.6) is 0 Å². The maximum atomic E-state index is 12.4. The van der Waals surface area contributed by atoms with Crippen molar-refractivity contribution in [2.75, 3.05) is 7.11 Å². The van der Waals surface area contributed by atoms with Gasteiger partial charge in [-0.05, 0) is 36.5 Å². The molecule has 2 aromatic rings. The number of carbonyl (C=O) groups excluding carboxylic acids is 2. The Labute approximate surface area is 165 Å². The molecule has 1 aromatic heterocycles. The second-order valence-corrected chi connectivity index (χ2v) is 7.80. The van der Waals surface area contributed by atoms with Crippen molar-refractivity contribution in [1.82, 2.24) is 10.3 Å². The number of nitrogens with one attached hydrogen (secondary N) is 1. The predicted molar refractivity (Wildman–Crippen MR) is 103 cm³/mol. The summed E-state index contributed by atoms with van der Waals surface area (Å²) in [6.45, 7) is 0.0956. The number of esters is 1. The van der Waals surface area contributed by atoms with E-state index in [1.165, 1.54) is 7.11 Å². The molecule has 1 saturated carbocycles. The smallest absolute Gasteiger partial charge is 0.407 e. The van der Waals surface area contributed by atoms with Gasteiger partial charge in [0, 0.05) is 21.6 Å². The molecule has 1 aromatic carbocycles. The number of hydrogen-bond donors (Lipinski definition) is 1.